The first-order valence-electron chi connectivity index (χ1n) is 5.42. The maximum atomic E-state index is 11.6. The van der Waals surface area contributed by atoms with Crippen LogP contribution in [-0.4, -0.2) is 35.8 Å². The van der Waals surface area contributed by atoms with Crippen molar-refractivity contribution >= 4 is 16.8 Å². The fourth-order valence-corrected chi connectivity index (χ4v) is 2.37. The summed E-state index contributed by atoms with van der Waals surface area (Å²) in [5.41, 5.74) is 0. The Balaban J connectivity index is 2.53. The van der Waals surface area contributed by atoms with Crippen LogP contribution in [0.5, 0.6) is 0 Å². The Kier molecular flexibility index (Phi) is 5.27. The van der Waals surface area contributed by atoms with Crippen molar-refractivity contribution in [3.05, 3.63) is 12.2 Å². The third-order valence-electron chi connectivity index (χ3n) is 2.07. The molecule has 0 saturated heterocycles. The van der Waals surface area contributed by atoms with E-state index in [1.54, 1.807) is 4.68 Å². The lowest BCUT2D eigenvalue weighted by Gasteiger charge is -2.07. The summed E-state index contributed by atoms with van der Waals surface area (Å²) in [4.78, 5) is 14.4. The van der Waals surface area contributed by atoms with Crippen LogP contribution in [0.2, 0.25) is 0 Å². The summed E-state index contributed by atoms with van der Waals surface area (Å²) in [5, 5.41) is 12.6. The van der Waals surface area contributed by atoms with Gasteiger partial charge in [0.1, 0.15) is 12.2 Å². The van der Waals surface area contributed by atoms with Crippen LogP contribution in [0.4, 0.5) is 0 Å². The molecule has 1 heterocycles. The van der Waals surface area contributed by atoms with Crippen molar-refractivity contribution in [2.45, 2.75) is 32.6 Å². The highest BCUT2D eigenvalue weighted by Gasteiger charge is 2.11. The highest BCUT2D eigenvalue weighted by Crippen LogP contribution is 2.04. The Morgan fingerprint density at radius 1 is 1.59 bits per heavy atom. The predicted molar refractivity (Wildman–Crippen MR) is 63.8 cm³/mol. The molecular formula is C10H17N3O3S. The normalized spacial score (nSPS) is 12.9. The van der Waals surface area contributed by atoms with Crippen LogP contribution in [-0.2, 0) is 27.9 Å². The van der Waals surface area contributed by atoms with Crippen molar-refractivity contribution in [2.24, 2.45) is 5.92 Å². The summed E-state index contributed by atoms with van der Waals surface area (Å²) in [6.07, 6.45) is 1.36. The van der Waals surface area contributed by atoms with Gasteiger partial charge in [0, 0.05) is 23.1 Å². The minimum Gasteiger partial charge on any atom is -0.481 e. The van der Waals surface area contributed by atoms with Gasteiger partial charge >= 0.3 is 5.97 Å². The topological polar surface area (TPSA) is 85.1 Å². The fraction of sp³-hybridized carbons (Fsp3) is 0.700. The molecule has 0 bridgehead atoms. The molecule has 1 unspecified atom stereocenters. The molecule has 0 aliphatic heterocycles. The summed E-state index contributed by atoms with van der Waals surface area (Å²) < 4.78 is 13.3. The van der Waals surface area contributed by atoms with Gasteiger partial charge in [-0.1, -0.05) is 13.8 Å². The van der Waals surface area contributed by atoms with Gasteiger partial charge in [0.15, 0.2) is 0 Å². The van der Waals surface area contributed by atoms with Crippen molar-refractivity contribution in [1.29, 1.82) is 0 Å². The average molecular weight is 259 g/mol. The average Bonchev–Trinajstić information content (AvgIpc) is 2.62. The van der Waals surface area contributed by atoms with Gasteiger partial charge in [0.2, 0.25) is 0 Å². The van der Waals surface area contributed by atoms with Gasteiger partial charge in [-0.15, -0.1) is 0 Å². The van der Waals surface area contributed by atoms with E-state index in [4.69, 9.17) is 5.11 Å². The number of aliphatic carboxylic acids is 1. The van der Waals surface area contributed by atoms with Crippen LogP contribution in [0.25, 0.3) is 0 Å². The molecule has 7 heteroatoms. The van der Waals surface area contributed by atoms with Crippen LogP contribution in [0.1, 0.15) is 26.1 Å². The van der Waals surface area contributed by atoms with E-state index >= 15 is 0 Å². The van der Waals surface area contributed by atoms with Gasteiger partial charge < -0.3 is 5.11 Å². The molecule has 0 aliphatic carbocycles. The molecule has 1 rings (SSSR count). The van der Waals surface area contributed by atoms with E-state index in [0.717, 1.165) is 6.54 Å². The number of aromatic nitrogens is 3. The lowest BCUT2D eigenvalue weighted by atomic mass is 10.2. The predicted octanol–water partition coefficient (Wildman–Crippen LogP) is 0.658. The molecule has 17 heavy (non-hydrogen) atoms. The standard InChI is InChI=1S/C10H17N3O3S/c1-8(2)5-13-9(11-7-12-13)6-17(16)4-3-10(14)15/h7-8H,3-6H2,1-2H3,(H,14,15). The molecular weight excluding hydrogens is 242 g/mol. The summed E-state index contributed by atoms with van der Waals surface area (Å²) in [5.74, 6) is 0.580. The monoisotopic (exact) mass is 259 g/mol. The second-order valence-electron chi connectivity index (χ2n) is 4.18. The van der Waals surface area contributed by atoms with E-state index in [-0.39, 0.29) is 17.9 Å². The first-order valence-corrected chi connectivity index (χ1v) is 6.91. The molecule has 1 N–H and O–H groups in total. The largest absolute Gasteiger partial charge is 0.481 e. The summed E-state index contributed by atoms with van der Waals surface area (Å²) in [6.45, 7) is 4.85. The van der Waals surface area contributed by atoms with Gasteiger partial charge in [-0.3, -0.25) is 9.00 Å². The van der Waals surface area contributed by atoms with Gasteiger partial charge in [0.05, 0.1) is 12.2 Å². The fourth-order valence-electron chi connectivity index (χ4n) is 1.32. The van der Waals surface area contributed by atoms with Crippen molar-refractivity contribution in [3.8, 4) is 0 Å². The third-order valence-corrected chi connectivity index (χ3v) is 3.31. The number of hydrogen-bond acceptors (Lipinski definition) is 4. The lowest BCUT2D eigenvalue weighted by molar-refractivity contribution is -0.136. The van der Waals surface area contributed by atoms with Crippen LogP contribution < -0.4 is 0 Å². The van der Waals surface area contributed by atoms with Crippen LogP contribution in [0.3, 0.4) is 0 Å². The molecule has 0 spiro atoms. The molecule has 96 valence electrons. The Morgan fingerprint density at radius 2 is 2.29 bits per heavy atom. The highest BCUT2D eigenvalue weighted by molar-refractivity contribution is 7.84. The molecule has 0 radical (unpaired) electrons. The van der Waals surface area contributed by atoms with Gasteiger partial charge in [0.25, 0.3) is 0 Å². The second-order valence-corrected chi connectivity index (χ2v) is 5.76. The number of hydrogen-bond donors (Lipinski definition) is 1. The first-order chi connectivity index (χ1) is 7.99. The lowest BCUT2D eigenvalue weighted by Crippen LogP contribution is -2.14. The Hall–Kier alpha value is -1.24. The zero-order valence-corrected chi connectivity index (χ0v) is 10.8. The third kappa shape index (κ3) is 5.08. The van der Waals surface area contributed by atoms with E-state index in [1.807, 2.05) is 0 Å². The highest BCUT2D eigenvalue weighted by atomic mass is 32.2. The molecule has 0 fully saturated rings. The van der Waals surface area contributed by atoms with Gasteiger partial charge in [-0.25, -0.2) is 9.67 Å². The Morgan fingerprint density at radius 3 is 2.88 bits per heavy atom. The number of nitrogens with zero attached hydrogens (tertiary/aromatic N) is 3. The smallest absolute Gasteiger partial charge is 0.304 e. The van der Waals surface area contributed by atoms with Crippen LogP contribution in [0.15, 0.2) is 6.33 Å². The molecule has 1 aromatic rings. The second kappa shape index (κ2) is 6.48. The molecule has 0 saturated carbocycles. The first kappa shape index (κ1) is 13.8. The Bertz CT molecular complexity index is 403. The van der Waals surface area contributed by atoms with Crippen molar-refractivity contribution in [1.82, 2.24) is 14.8 Å². The maximum Gasteiger partial charge on any atom is 0.304 e. The van der Waals surface area contributed by atoms with Crippen molar-refractivity contribution < 1.29 is 14.1 Å². The van der Waals surface area contributed by atoms with E-state index in [9.17, 15) is 9.00 Å². The Labute approximate surface area is 103 Å². The summed E-state index contributed by atoms with van der Waals surface area (Å²) >= 11 is 0. The maximum absolute atomic E-state index is 11.6. The number of carboxylic acid groups (broad SMARTS) is 1. The minimum atomic E-state index is -1.20. The zero-order valence-electron chi connectivity index (χ0n) is 10.00. The SMILES string of the molecule is CC(C)Cn1ncnc1CS(=O)CCC(=O)O. The van der Waals surface area contributed by atoms with Gasteiger partial charge in [-0.05, 0) is 5.92 Å². The van der Waals surface area contributed by atoms with Crippen LogP contribution >= 0.6 is 0 Å². The number of rotatable bonds is 7. The van der Waals surface area contributed by atoms with E-state index < -0.39 is 16.8 Å². The summed E-state index contributed by atoms with van der Waals surface area (Å²) in [7, 11) is -1.20. The molecule has 1 atom stereocenters. The van der Waals surface area contributed by atoms with Crippen LogP contribution in [0, 0.1) is 5.92 Å². The number of carbonyl (C=O) groups is 1. The van der Waals surface area contributed by atoms with Crippen molar-refractivity contribution in [2.75, 3.05) is 5.75 Å². The quantitative estimate of drug-likeness (QED) is 0.777. The van der Waals surface area contributed by atoms with E-state index in [2.05, 4.69) is 23.9 Å². The minimum absolute atomic E-state index is 0.0784. The zero-order chi connectivity index (χ0) is 12.8. The molecule has 1 aromatic heterocycles. The molecule has 0 aliphatic rings. The van der Waals surface area contributed by atoms with Gasteiger partial charge in [-0.2, -0.15) is 5.10 Å². The van der Waals surface area contributed by atoms with E-state index in [0.29, 0.717) is 11.7 Å². The van der Waals surface area contributed by atoms with Crippen molar-refractivity contribution in [3.63, 3.8) is 0 Å². The molecule has 0 aromatic carbocycles. The molecule has 0 amide bonds. The van der Waals surface area contributed by atoms with E-state index in [1.165, 1.54) is 6.33 Å². The molecule has 6 nitrogen and oxygen atoms in total. The number of carboxylic acids is 1. The summed E-state index contributed by atoms with van der Waals surface area (Å²) in [6, 6.07) is 0.